The average molecular weight is 289 g/mol. The summed E-state index contributed by atoms with van der Waals surface area (Å²) in [4.78, 5) is 20.9. The maximum Gasteiger partial charge on any atom is 0.337 e. The smallest absolute Gasteiger partial charge is 0.337 e. The molecular weight excluding hydrogens is 278 g/mol. The van der Waals surface area contributed by atoms with E-state index in [4.69, 9.17) is 4.74 Å². The number of nitro groups is 1. The third-order valence-corrected chi connectivity index (χ3v) is 3.15. The van der Waals surface area contributed by atoms with Crippen molar-refractivity contribution >= 4 is 21.5 Å². The highest BCUT2D eigenvalue weighted by atomic mass is 32.2. The summed E-state index contributed by atoms with van der Waals surface area (Å²) >= 11 is 0. The molecule has 0 saturated heterocycles. The van der Waals surface area contributed by atoms with Gasteiger partial charge in [-0.05, 0) is 12.1 Å². The zero-order valence-corrected chi connectivity index (χ0v) is 11.0. The molecule has 1 aromatic rings. The summed E-state index contributed by atoms with van der Waals surface area (Å²) < 4.78 is 31.8. The van der Waals surface area contributed by atoms with Crippen LogP contribution in [0.5, 0.6) is 5.75 Å². The Hall–Kier alpha value is -2.00. The number of nitro benzene ring substituents is 1. The van der Waals surface area contributed by atoms with E-state index in [9.17, 15) is 23.3 Å². The van der Waals surface area contributed by atoms with Crippen molar-refractivity contribution in [3.05, 3.63) is 28.3 Å². The highest BCUT2D eigenvalue weighted by molar-refractivity contribution is 7.90. The number of methoxy groups -OCH3 is 1. The predicted octanol–water partition coefficient (Wildman–Crippen LogP) is 0.550. The lowest BCUT2D eigenvalue weighted by atomic mass is 10.3. The third kappa shape index (κ3) is 4.00. The van der Waals surface area contributed by atoms with Gasteiger partial charge in [0.2, 0.25) is 5.75 Å². The quantitative estimate of drug-likeness (QED) is 0.336. The molecule has 0 aliphatic heterocycles. The van der Waals surface area contributed by atoms with Gasteiger partial charge >= 0.3 is 11.7 Å². The lowest BCUT2D eigenvalue weighted by Crippen LogP contribution is -2.15. The molecular formula is C10H11NO7S. The van der Waals surface area contributed by atoms with E-state index in [2.05, 4.69) is 4.74 Å². The minimum atomic E-state index is -3.58. The van der Waals surface area contributed by atoms with Crippen LogP contribution in [0.2, 0.25) is 0 Å². The van der Waals surface area contributed by atoms with Crippen molar-refractivity contribution in [2.45, 2.75) is 4.90 Å². The first-order valence-corrected chi connectivity index (χ1v) is 6.83. The van der Waals surface area contributed by atoms with E-state index in [1.165, 1.54) is 7.11 Å². The molecule has 0 bridgehead atoms. The van der Waals surface area contributed by atoms with Crippen molar-refractivity contribution in [2.75, 3.05) is 20.0 Å². The van der Waals surface area contributed by atoms with Crippen molar-refractivity contribution in [3.8, 4) is 5.75 Å². The fourth-order valence-corrected chi connectivity index (χ4v) is 1.87. The van der Waals surface area contributed by atoms with Gasteiger partial charge in [-0.15, -0.1) is 0 Å². The number of hydrogen-bond acceptors (Lipinski definition) is 7. The maximum atomic E-state index is 11.3. The van der Waals surface area contributed by atoms with Crippen molar-refractivity contribution in [3.63, 3.8) is 0 Å². The Morgan fingerprint density at radius 1 is 1.42 bits per heavy atom. The summed E-state index contributed by atoms with van der Waals surface area (Å²) in [6.45, 7) is -0.370. The summed E-state index contributed by atoms with van der Waals surface area (Å²) in [5, 5.41) is 10.8. The molecule has 0 N–H and O–H groups in total. The van der Waals surface area contributed by atoms with E-state index in [1.54, 1.807) is 0 Å². The molecule has 19 heavy (non-hydrogen) atoms. The second-order valence-corrected chi connectivity index (χ2v) is 5.58. The molecule has 0 aliphatic carbocycles. The monoisotopic (exact) mass is 289 g/mol. The number of esters is 1. The van der Waals surface area contributed by atoms with Crippen LogP contribution in [-0.4, -0.2) is 39.3 Å². The maximum absolute atomic E-state index is 11.3. The summed E-state index contributed by atoms with van der Waals surface area (Å²) in [5.74, 6) is -1.16. The number of carbonyl (C=O) groups is 1. The Morgan fingerprint density at radius 3 is 2.53 bits per heavy atom. The van der Waals surface area contributed by atoms with Gasteiger partial charge < -0.3 is 9.47 Å². The molecule has 0 aromatic heterocycles. The largest absolute Gasteiger partial charge is 0.417 e. The van der Waals surface area contributed by atoms with Gasteiger partial charge in [-0.3, -0.25) is 10.1 Å². The number of nitrogens with zero attached hydrogens (tertiary/aromatic N) is 1. The number of rotatable bonds is 5. The number of carbonyl (C=O) groups excluding carboxylic acids is 1. The number of ether oxygens (including phenoxy) is 2. The number of sulfone groups is 1. The molecule has 0 radical (unpaired) electrons. The van der Waals surface area contributed by atoms with Crippen LogP contribution >= 0.6 is 0 Å². The average Bonchev–Trinajstić information content (AvgIpc) is 2.27. The molecule has 0 amide bonds. The summed E-state index contributed by atoms with van der Waals surface area (Å²) in [6.07, 6.45) is 0.919. The van der Waals surface area contributed by atoms with Gasteiger partial charge in [-0.2, -0.15) is 0 Å². The molecule has 9 heteroatoms. The first kappa shape index (κ1) is 15.1. The zero-order chi connectivity index (χ0) is 14.6. The van der Waals surface area contributed by atoms with Crippen LogP contribution in [0.15, 0.2) is 23.1 Å². The van der Waals surface area contributed by atoms with Gasteiger partial charge in [-0.1, -0.05) is 0 Å². The van der Waals surface area contributed by atoms with Crippen LogP contribution < -0.4 is 4.74 Å². The van der Waals surface area contributed by atoms with E-state index in [-0.39, 0.29) is 17.3 Å². The van der Waals surface area contributed by atoms with Gasteiger partial charge in [0.25, 0.3) is 0 Å². The first-order chi connectivity index (χ1) is 8.75. The van der Waals surface area contributed by atoms with Crippen LogP contribution in [0.25, 0.3) is 0 Å². The molecule has 104 valence electrons. The normalized spacial score (nSPS) is 11.1. The van der Waals surface area contributed by atoms with Crippen LogP contribution in [0.1, 0.15) is 0 Å². The van der Waals surface area contributed by atoms with Crippen LogP contribution in [-0.2, 0) is 19.4 Å². The molecule has 0 atom stereocenters. The molecule has 0 heterocycles. The lowest BCUT2D eigenvalue weighted by Gasteiger charge is -2.05. The summed E-state index contributed by atoms with van der Waals surface area (Å²) in [7, 11) is -2.32. The van der Waals surface area contributed by atoms with E-state index in [0.717, 1.165) is 24.5 Å². The molecule has 1 aromatic carbocycles. The molecule has 0 saturated carbocycles. The second kappa shape index (κ2) is 5.76. The Morgan fingerprint density at radius 2 is 2.05 bits per heavy atom. The molecule has 0 spiro atoms. The van der Waals surface area contributed by atoms with Crippen molar-refractivity contribution < 1.29 is 27.6 Å². The summed E-state index contributed by atoms with van der Waals surface area (Å²) in [5.41, 5.74) is -0.604. The molecule has 0 unspecified atom stereocenters. The molecule has 1 rings (SSSR count). The minimum absolute atomic E-state index is 0.231. The van der Waals surface area contributed by atoms with Gasteiger partial charge in [0.05, 0.1) is 9.82 Å². The fraction of sp³-hybridized carbons (Fsp3) is 0.300. The lowest BCUT2D eigenvalue weighted by molar-refractivity contribution is -0.385. The number of hydrogen-bond donors (Lipinski definition) is 0. The Balaban J connectivity index is 3.20. The predicted molar refractivity (Wildman–Crippen MR) is 63.7 cm³/mol. The van der Waals surface area contributed by atoms with Crippen molar-refractivity contribution in [1.29, 1.82) is 0 Å². The molecule has 0 aliphatic rings. The van der Waals surface area contributed by atoms with Crippen LogP contribution in [0.3, 0.4) is 0 Å². The standard InChI is InChI=1S/C10H11NO7S/c1-17-6-10(12)18-9-4-3-7(19(2,15)16)5-8(9)11(13)14/h3-5H,6H2,1-2H3. The van der Waals surface area contributed by atoms with Gasteiger partial charge in [0.1, 0.15) is 6.61 Å². The molecule has 0 fully saturated rings. The van der Waals surface area contributed by atoms with Crippen LogP contribution in [0.4, 0.5) is 5.69 Å². The fourth-order valence-electron chi connectivity index (χ4n) is 1.23. The SMILES string of the molecule is COCC(=O)Oc1ccc(S(C)(=O)=O)cc1[N+](=O)[O-]. The van der Waals surface area contributed by atoms with E-state index >= 15 is 0 Å². The van der Waals surface area contributed by atoms with Crippen molar-refractivity contribution in [1.82, 2.24) is 0 Å². The second-order valence-electron chi connectivity index (χ2n) is 3.57. The van der Waals surface area contributed by atoms with Gasteiger partial charge in [0.15, 0.2) is 9.84 Å². The zero-order valence-electron chi connectivity index (χ0n) is 10.2. The Kier molecular flexibility index (Phi) is 4.57. The minimum Gasteiger partial charge on any atom is -0.417 e. The van der Waals surface area contributed by atoms with E-state index in [0.29, 0.717) is 0 Å². The highest BCUT2D eigenvalue weighted by Gasteiger charge is 2.21. The Labute approximate surface area is 109 Å². The van der Waals surface area contributed by atoms with E-state index < -0.39 is 26.4 Å². The first-order valence-electron chi connectivity index (χ1n) is 4.94. The highest BCUT2D eigenvalue weighted by Crippen LogP contribution is 2.29. The summed E-state index contributed by atoms with van der Waals surface area (Å²) in [6, 6.07) is 3.02. The van der Waals surface area contributed by atoms with Crippen LogP contribution in [0, 0.1) is 10.1 Å². The van der Waals surface area contributed by atoms with E-state index in [1.807, 2.05) is 0 Å². The molecule has 8 nitrogen and oxygen atoms in total. The topological polar surface area (TPSA) is 113 Å². The van der Waals surface area contributed by atoms with Gasteiger partial charge in [-0.25, -0.2) is 13.2 Å². The third-order valence-electron chi connectivity index (χ3n) is 2.04. The van der Waals surface area contributed by atoms with Gasteiger partial charge in [0, 0.05) is 19.4 Å². The number of benzene rings is 1. The van der Waals surface area contributed by atoms with Crippen molar-refractivity contribution in [2.24, 2.45) is 0 Å². The Bertz CT molecular complexity index is 608.